The smallest absolute Gasteiger partial charge is 0.251 e. The fraction of sp³-hybridized carbons (Fsp3) is 0.417. The highest BCUT2D eigenvalue weighted by atomic mass is 16.1. The average Bonchev–Trinajstić information content (AvgIpc) is 2.37. The van der Waals surface area contributed by atoms with Crippen molar-refractivity contribution in [2.24, 2.45) is 11.5 Å². The Morgan fingerprint density at radius 1 is 1.06 bits per heavy atom. The zero-order valence-electron chi connectivity index (χ0n) is 9.91. The van der Waals surface area contributed by atoms with Crippen LogP contribution >= 0.6 is 0 Å². The number of nitrogens with one attached hydrogen (secondary N) is 2. The summed E-state index contributed by atoms with van der Waals surface area (Å²) in [7, 11) is 0. The Kier molecular flexibility index (Phi) is 6.24. The van der Waals surface area contributed by atoms with E-state index in [0.717, 1.165) is 18.7 Å². The van der Waals surface area contributed by atoms with Gasteiger partial charge in [0.05, 0.1) is 0 Å². The molecule has 0 fully saturated rings. The molecule has 1 amide bonds. The SMILES string of the molecule is NCCNCc1ccc(C(=O)NCCN)cc1. The Labute approximate surface area is 102 Å². The molecule has 0 heterocycles. The summed E-state index contributed by atoms with van der Waals surface area (Å²) in [5, 5.41) is 5.92. The Morgan fingerprint density at radius 2 is 1.71 bits per heavy atom. The van der Waals surface area contributed by atoms with Crippen LogP contribution in [0.25, 0.3) is 0 Å². The van der Waals surface area contributed by atoms with E-state index in [1.165, 1.54) is 0 Å². The van der Waals surface area contributed by atoms with Crippen molar-refractivity contribution >= 4 is 5.91 Å². The van der Waals surface area contributed by atoms with Crippen molar-refractivity contribution < 1.29 is 4.79 Å². The molecule has 1 rings (SSSR count). The van der Waals surface area contributed by atoms with Crippen molar-refractivity contribution in [2.45, 2.75) is 6.54 Å². The molecule has 6 N–H and O–H groups in total. The van der Waals surface area contributed by atoms with Crippen LogP contribution in [0, 0.1) is 0 Å². The van der Waals surface area contributed by atoms with Gasteiger partial charge in [-0.3, -0.25) is 4.79 Å². The van der Waals surface area contributed by atoms with E-state index in [9.17, 15) is 4.79 Å². The summed E-state index contributed by atoms with van der Waals surface area (Å²) in [5.74, 6) is -0.0862. The third kappa shape index (κ3) is 4.95. The predicted octanol–water partition coefficient (Wildman–Crippen LogP) is -0.577. The lowest BCUT2D eigenvalue weighted by atomic mass is 10.1. The summed E-state index contributed by atoms with van der Waals surface area (Å²) < 4.78 is 0. The van der Waals surface area contributed by atoms with E-state index in [4.69, 9.17) is 11.5 Å². The zero-order chi connectivity index (χ0) is 12.5. The summed E-state index contributed by atoms with van der Waals surface area (Å²) in [6, 6.07) is 7.48. The maximum atomic E-state index is 11.6. The summed E-state index contributed by atoms with van der Waals surface area (Å²) in [6.07, 6.45) is 0. The first-order valence-corrected chi connectivity index (χ1v) is 5.76. The van der Waals surface area contributed by atoms with E-state index >= 15 is 0 Å². The zero-order valence-corrected chi connectivity index (χ0v) is 9.91. The average molecular weight is 236 g/mol. The van der Waals surface area contributed by atoms with Gasteiger partial charge in [-0.2, -0.15) is 0 Å². The van der Waals surface area contributed by atoms with Crippen LogP contribution in [0.5, 0.6) is 0 Å². The molecule has 0 aliphatic heterocycles. The van der Waals surface area contributed by atoms with Gasteiger partial charge in [0.1, 0.15) is 0 Å². The number of benzene rings is 1. The van der Waals surface area contributed by atoms with Crippen LogP contribution in [0.1, 0.15) is 15.9 Å². The summed E-state index contributed by atoms with van der Waals surface area (Å²) in [4.78, 5) is 11.6. The molecule has 94 valence electrons. The molecule has 1 aromatic carbocycles. The van der Waals surface area contributed by atoms with Crippen molar-refractivity contribution in [1.29, 1.82) is 0 Å². The van der Waals surface area contributed by atoms with E-state index in [2.05, 4.69) is 10.6 Å². The van der Waals surface area contributed by atoms with Gasteiger partial charge < -0.3 is 22.1 Å². The molecule has 0 spiro atoms. The molecule has 1 aromatic rings. The molecule has 0 aliphatic rings. The lowest BCUT2D eigenvalue weighted by molar-refractivity contribution is 0.0955. The van der Waals surface area contributed by atoms with E-state index < -0.39 is 0 Å². The Morgan fingerprint density at radius 3 is 2.29 bits per heavy atom. The van der Waals surface area contributed by atoms with Gasteiger partial charge >= 0.3 is 0 Å². The minimum Gasteiger partial charge on any atom is -0.351 e. The molecular formula is C12H20N4O. The third-order valence-electron chi connectivity index (χ3n) is 2.30. The van der Waals surface area contributed by atoms with E-state index in [1.807, 2.05) is 24.3 Å². The molecule has 5 heteroatoms. The first kappa shape index (κ1) is 13.6. The topological polar surface area (TPSA) is 93.2 Å². The number of carbonyl (C=O) groups is 1. The number of hydrogen-bond acceptors (Lipinski definition) is 4. The number of hydrogen-bond donors (Lipinski definition) is 4. The standard InChI is InChI=1S/C12H20N4O/c13-5-7-15-9-10-1-3-11(4-2-10)12(17)16-8-6-14/h1-4,15H,5-9,13-14H2,(H,16,17). The molecule has 0 aliphatic carbocycles. The van der Waals surface area contributed by atoms with Crippen LogP contribution in [-0.2, 0) is 6.54 Å². The number of amides is 1. The van der Waals surface area contributed by atoms with Gasteiger partial charge in [-0.25, -0.2) is 0 Å². The third-order valence-corrected chi connectivity index (χ3v) is 2.30. The molecule has 5 nitrogen and oxygen atoms in total. The van der Waals surface area contributed by atoms with Crippen LogP contribution in [-0.4, -0.2) is 32.1 Å². The van der Waals surface area contributed by atoms with Crippen molar-refractivity contribution in [3.63, 3.8) is 0 Å². The minimum atomic E-state index is -0.0862. The highest BCUT2D eigenvalue weighted by Crippen LogP contribution is 2.04. The number of nitrogens with two attached hydrogens (primary N) is 2. The molecule has 0 radical (unpaired) electrons. The van der Waals surface area contributed by atoms with Crippen LogP contribution < -0.4 is 22.1 Å². The molecule has 0 unspecified atom stereocenters. The van der Waals surface area contributed by atoms with E-state index in [1.54, 1.807) is 0 Å². The highest BCUT2D eigenvalue weighted by molar-refractivity contribution is 5.94. The van der Waals surface area contributed by atoms with Crippen molar-refractivity contribution in [1.82, 2.24) is 10.6 Å². The molecule has 0 aromatic heterocycles. The first-order chi connectivity index (χ1) is 8.27. The second-order valence-corrected chi connectivity index (χ2v) is 3.71. The molecule has 0 saturated heterocycles. The fourth-order valence-corrected chi connectivity index (χ4v) is 1.40. The monoisotopic (exact) mass is 236 g/mol. The van der Waals surface area contributed by atoms with Crippen molar-refractivity contribution in [3.05, 3.63) is 35.4 Å². The molecule has 0 saturated carbocycles. The molecular weight excluding hydrogens is 216 g/mol. The fourth-order valence-electron chi connectivity index (χ4n) is 1.40. The Bertz CT molecular complexity index is 337. The second kappa shape index (κ2) is 7.78. The van der Waals surface area contributed by atoms with Gasteiger partial charge in [-0.05, 0) is 17.7 Å². The molecule has 0 atom stereocenters. The predicted molar refractivity (Wildman–Crippen MR) is 68.6 cm³/mol. The van der Waals surface area contributed by atoms with Gasteiger partial charge in [0, 0.05) is 38.3 Å². The van der Waals surface area contributed by atoms with E-state index in [0.29, 0.717) is 25.2 Å². The number of rotatable bonds is 7. The first-order valence-electron chi connectivity index (χ1n) is 5.76. The normalized spacial score (nSPS) is 10.2. The van der Waals surface area contributed by atoms with Gasteiger partial charge in [-0.1, -0.05) is 12.1 Å². The van der Waals surface area contributed by atoms with Gasteiger partial charge in [0.25, 0.3) is 5.91 Å². The summed E-state index contributed by atoms with van der Waals surface area (Å²) in [6.45, 7) is 3.13. The quantitative estimate of drug-likeness (QED) is 0.477. The maximum absolute atomic E-state index is 11.6. The largest absolute Gasteiger partial charge is 0.351 e. The maximum Gasteiger partial charge on any atom is 0.251 e. The minimum absolute atomic E-state index is 0.0862. The van der Waals surface area contributed by atoms with Crippen LogP contribution in [0.4, 0.5) is 0 Å². The lowest BCUT2D eigenvalue weighted by Gasteiger charge is -2.06. The van der Waals surface area contributed by atoms with Crippen LogP contribution in [0.3, 0.4) is 0 Å². The highest BCUT2D eigenvalue weighted by Gasteiger charge is 2.03. The van der Waals surface area contributed by atoms with E-state index in [-0.39, 0.29) is 5.91 Å². The lowest BCUT2D eigenvalue weighted by Crippen LogP contribution is -2.29. The van der Waals surface area contributed by atoms with Crippen molar-refractivity contribution in [2.75, 3.05) is 26.2 Å². The van der Waals surface area contributed by atoms with Crippen LogP contribution in [0.15, 0.2) is 24.3 Å². The van der Waals surface area contributed by atoms with Crippen LogP contribution in [0.2, 0.25) is 0 Å². The second-order valence-electron chi connectivity index (χ2n) is 3.71. The van der Waals surface area contributed by atoms with Gasteiger partial charge in [-0.15, -0.1) is 0 Å². The molecule has 17 heavy (non-hydrogen) atoms. The Balaban J connectivity index is 2.46. The summed E-state index contributed by atoms with van der Waals surface area (Å²) in [5.41, 5.74) is 12.5. The molecule has 0 bridgehead atoms. The van der Waals surface area contributed by atoms with Gasteiger partial charge in [0.15, 0.2) is 0 Å². The van der Waals surface area contributed by atoms with Crippen molar-refractivity contribution in [3.8, 4) is 0 Å². The Hall–Kier alpha value is -1.43. The van der Waals surface area contributed by atoms with Gasteiger partial charge in [0.2, 0.25) is 0 Å². The summed E-state index contributed by atoms with van der Waals surface area (Å²) >= 11 is 0. The number of carbonyl (C=O) groups excluding carboxylic acids is 1.